The van der Waals surface area contributed by atoms with E-state index in [0.717, 1.165) is 25.5 Å². The molecule has 0 aromatic carbocycles. The molecule has 1 aliphatic heterocycles. The third-order valence-electron chi connectivity index (χ3n) is 3.24. The van der Waals surface area contributed by atoms with Crippen molar-refractivity contribution < 1.29 is 0 Å². The Morgan fingerprint density at radius 1 is 1.40 bits per heavy atom. The Hall–Kier alpha value is -1.09. The van der Waals surface area contributed by atoms with Crippen LogP contribution in [-0.4, -0.2) is 42.6 Å². The Balaban J connectivity index is 2.15. The van der Waals surface area contributed by atoms with Crippen LogP contribution in [0.25, 0.3) is 0 Å². The van der Waals surface area contributed by atoms with Gasteiger partial charge in [-0.3, -0.25) is 0 Å². The van der Waals surface area contributed by atoms with Crippen LogP contribution in [-0.2, 0) is 0 Å². The van der Waals surface area contributed by atoms with E-state index >= 15 is 0 Å². The van der Waals surface area contributed by atoms with Gasteiger partial charge in [-0.15, -0.1) is 0 Å². The number of piperazine rings is 1. The first-order valence-electron chi connectivity index (χ1n) is 5.55. The molecular weight excluding hydrogens is 186 g/mol. The van der Waals surface area contributed by atoms with Gasteiger partial charge < -0.3 is 9.80 Å². The zero-order chi connectivity index (χ0) is 10.8. The molecule has 0 aliphatic carbocycles. The van der Waals surface area contributed by atoms with E-state index in [0.29, 0.717) is 6.04 Å². The summed E-state index contributed by atoms with van der Waals surface area (Å²) in [7, 11) is 2.19. The summed E-state index contributed by atoms with van der Waals surface area (Å²) in [6.07, 6.45) is 1.88. The molecule has 0 saturated carbocycles. The van der Waals surface area contributed by atoms with Gasteiger partial charge in [0.15, 0.2) is 0 Å². The van der Waals surface area contributed by atoms with Crippen LogP contribution < -0.4 is 4.90 Å². The molecule has 1 aromatic heterocycles. The van der Waals surface area contributed by atoms with Crippen LogP contribution in [0.15, 0.2) is 18.3 Å². The molecule has 3 nitrogen and oxygen atoms in total. The van der Waals surface area contributed by atoms with Crippen LogP contribution in [0.4, 0.5) is 5.82 Å². The van der Waals surface area contributed by atoms with Crippen LogP contribution >= 0.6 is 0 Å². The van der Waals surface area contributed by atoms with Gasteiger partial charge in [0.25, 0.3) is 0 Å². The first-order chi connectivity index (χ1) is 7.18. The number of aromatic nitrogens is 1. The highest BCUT2D eigenvalue weighted by molar-refractivity contribution is 5.46. The Morgan fingerprint density at radius 2 is 2.20 bits per heavy atom. The highest BCUT2D eigenvalue weighted by Gasteiger charge is 2.22. The molecule has 0 radical (unpaired) electrons. The van der Waals surface area contributed by atoms with Gasteiger partial charge >= 0.3 is 0 Å². The molecule has 82 valence electrons. The van der Waals surface area contributed by atoms with Gasteiger partial charge in [-0.2, -0.15) is 0 Å². The Morgan fingerprint density at radius 3 is 2.87 bits per heavy atom. The lowest BCUT2D eigenvalue weighted by molar-refractivity contribution is 0.233. The maximum Gasteiger partial charge on any atom is 0.131 e. The summed E-state index contributed by atoms with van der Waals surface area (Å²) in [6.45, 7) is 7.68. The van der Waals surface area contributed by atoms with E-state index in [1.807, 2.05) is 12.3 Å². The average molecular weight is 205 g/mol. The number of rotatable bonds is 1. The van der Waals surface area contributed by atoms with E-state index in [4.69, 9.17) is 0 Å². The number of pyridine rings is 1. The molecule has 1 fully saturated rings. The Bertz CT molecular complexity index is 337. The van der Waals surface area contributed by atoms with E-state index in [1.165, 1.54) is 5.56 Å². The van der Waals surface area contributed by atoms with E-state index in [-0.39, 0.29) is 0 Å². The van der Waals surface area contributed by atoms with Crippen LogP contribution in [0.3, 0.4) is 0 Å². The molecule has 2 rings (SSSR count). The summed E-state index contributed by atoms with van der Waals surface area (Å²) in [4.78, 5) is 9.26. The number of nitrogens with zero attached hydrogens (tertiary/aromatic N) is 3. The molecular formula is C12H19N3. The summed E-state index contributed by atoms with van der Waals surface area (Å²) in [5, 5.41) is 0. The van der Waals surface area contributed by atoms with Crippen LogP contribution in [0.2, 0.25) is 0 Å². The summed E-state index contributed by atoms with van der Waals surface area (Å²) < 4.78 is 0. The average Bonchev–Trinajstić information content (AvgIpc) is 2.23. The quantitative estimate of drug-likeness (QED) is 0.693. The fraction of sp³-hybridized carbons (Fsp3) is 0.583. The van der Waals surface area contributed by atoms with Crippen molar-refractivity contribution >= 4 is 5.82 Å². The summed E-state index contributed by atoms with van der Waals surface area (Å²) >= 11 is 0. The van der Waals surface area contributed by atoms with Gasteiger partial charge in [-0.25, -0.2) is 4.98 Å². The topological polar surface area (TPSA) is 19.4 Å². The molecule has 1 saturated heterocycles. The van der Waals surface area contributed by atoms with Crippen molar-refractivity contribution in [2.75, 3.05) is 31.6 Å². The van der Waals surface area contributed by atoms with E-state index in [1.54, 1.807) is 0 Å². The smallest absolute Gasteiger partial charge is 0.131 e. The molecule has 15 heavy (non-hydrogen) atoms. The second kappa shape index (κ2) is 4.19. The van der Waals surface area contributed by atoms with Gasteiger partial charge in [-0.1, -0.05) is 6.07 Å². The minimum absolute atomic E-state index is 0.611. The van der Waals surface area contributed by atoms with Crippen molar-refractivity contribution in [1.29, 1.82) is 0 Å². The minimum atomic E-state index is 0.611. The number of hydrogen-bond donors (Lipinski definition) is 0. The number of anilines is 1. The van der Waals surface area contributed by atoms with Gasteiger partial charge in [0.2, 0.25) is 0 Å². The van der Waals surface area contributed by atoms with Crippen LogP contribution in [0.1, 0.15) is 12.5 Å². The SMILES string of the molecule is Cc1cccnc1N1CCN(C)C(C)C1. The lowest BCUT2D eigenvalue weighted by Crippen LogP contribution is -2.50. The van der Waals surface area contributed by atoms with E-state index in [9.17, 15) is 0 Å². The van der Waals surface area contributed by atoms with Gasteiger partial charge in [-0.05, 0) is 32.5 Å². The number of aryl methyl sites for hydroxylation is 1. The van der Waals surface area contributed by atoms with Crippen molar-refractivity contribution in [2.45, 2.75) is 19.9 Å². The van der Waals surface area contributed by atoms with Gasteiger partial charge in [0.1, 0.15) is 5.82 Å². The van der Waals surface area contributed by atoms with Gasteiger partial charge in [0, 0.05) is 31.9 Å². The predicted octanol–water partition coefficient (Wildman–Crippen LogP) is 1.53. The highest BCUT2D eigenvalue weighted by Crippen LogP contribution is 2.19. The molecule has 0 N–H and O–H groups in total. The normalized spacial score (nSPS) is 23.1. The molecule has 1 aliphatic rings. The molecule has 0 spiro atoms. The van der Waals surface area contributed by atoms with Crippen molar-refractivity contribution in [3.05, 3.63) is 23.9 Å². The second-order valence-corrected chi connectivity index (χ2v) is 4.42. The predicted molar refractivity (Wildman–Crippen MR) is 63.3 cm³/mol. The molecule has 1 atom stereocenters. The fourth-order valence-corrected chi connectivity index (χ4v) is 2.05. The Labute approximate surface area is 91.7 Å². The largest absolute Gasteiger partial charge is 0.354 e. The van der Waals surface area contributed by atoms with Crippen molar-refractivity contribution in [3.8, 4) is 0 Å². The third-order valence-corrected chi connectivity index (χ3v) is 3.24. The van der Waals surface area contributed by atoms with Gasteiger partial charge in [0.05, 0.1) is 0 Å². The summed E-state index contributed by atoms with van der Waals surface area (Å²) in [6, 6.07) is 4.74. The second-order valence-electron chi connectivity index (χ2n) is 4.42. The monoisotopic (exact) mass is 205 g/mol. The molecule has 0 bridgehead atoms. The van der Waals surface area contributed by atoms with Crippen molar-refractivity contribution in [1.82, 2.24) is 9.88 Å². The highest BCUT2D eigenvalue weighted by atomic mass is 15.3. The standard InChI is InChI=1S/C12H19N3/c1-10-5-4-6-13-12(10)15-8-7-14(3)11(2)9-15/h4-6,11H,7-9H2,1-3H3. The summed E-state index contributed by atoms with van der Waals surface area (Å²) in [5.74, 6) is 1.15. The van der Waals surface area contributed by atoms with Crippen molar-refractivity contribution in [2.24, 2.45) is 0 Å². The minimum Gasteiger partial charge on any atom is -0.354 e. The fourth-order valence-electron chi connectivity index (χ4n) is 2.05. The Kier molecular flexibility index (Phi) is 2.91. The molecule has 1 aromatic rings. The zero-order valence-electron chi connectivity index (χ0n) is 9.77. The first kappa shape index (κ1) is 10.4. The van der Waals surface area contributed by atoms with Crippen LogP contribution in [0.5, 0.6) is 0 Å². The lowest BCUT2D eigenvalue weighted by Gasteiger charge is -2.38. The molecule has 2 heterocycles. The lowest BCUT2D eigenvalue weighted by atomic mass is 10.2. The summed E-state index contributed by atoms with van der Waals surface area (Å²) in [5.41, 5.74) is 1.27. The maximum atomic E-state index is 4.47. The van der Waals surface area contributed by atoms with E-state index in [2.05, 4.69) is 41.7 Å². The maximum absolute atomic E-state index is 4.47. The first-order valence-corrected chi connectivity index (χ1v) is 5.55. The van der Waals surface area contributed by atoms with E-state index < -0.39 is 0 Å². The van der Waals surface area contributed by atoms with Crippen molar-refractivity contribution in [3.63, 3.8) is 0 Å². The zero-order valence-corrected chi connectivity index (χ0v) is 9.77. The molecule has 3 heteroatoms. The molecule has 1 unspecified atom stereocenters. The number of likely N-dealkylation sites (N-methyl/N-ethyl adjacent to an activating group) is 1. The molecule has 0 amide bonds. The van der Waals surface area contributed by atoms with Crippen LogP contribution in [0, 0.1) is 6.92 Å². The third kappa shape index (κ3) is 2.12. The number of hydrogen-bond acceptors (Lipinski definition) is 3.